The van der Waals surface area contributed by atoms with Crippen molar-refractivity contribution in [1.29, 1.82) is 0 Å². The number of aliphatic imine (C=N–C) groups is 1. The summed E-state index contributed by atoms with van der Waals surface area (Å²) in [4.78, 5) is 13.4. The van der Waals surface area contributed by atoms with Crippen LogP contribution in [0.5, 0.6) is 0 Å². The van der Waals surface area contributed by atoms with Crippen molar-refractivity contribution in [2.45, 2.75) is 13.8 Å². The molecule has 0 aromatic carbocycles. The van der Waals surface area contributed by atoms with Crippen LogP contribution in [0.2, 0.25) is 0 Å². The number of nitrogens with zero attached hydrogens (tertiary/aromatic N) is 3. The topological polar surface area (TPSA) is 38.1 Å². The van der Waals surface area contributed by atoms with Gasteiger partial charge >= 0.3 is 0 Å². The monoisotopic (exact) mass is 263 g/mol. The highest BCUT2D eigenvalue weighted by Gasteiger charge is 2.04. The molecule has 3 heteroatoms. The number of allylic oxidation sites excluding steroid dienone is 3. The van der Waals surface area contributed by atoms with Crippen LogP contribution in [0.25, 0.3) is 5.70 Å². The SMILES string of the molecule is C\C=C/C(=N\C(=C/C)c1ccccn1)c1ccccn1. The maximum atomic E-state index is 4.69. The molecule has 0 saturated carbocycles. The van der Waals surface area contributed by atoms with E-state index in [1.54, 1.807) is 12.4 Å². The molecular formula is C17H17N3. The normalized spacial score (nSPS) is 12.9. The summed E-state index contributed by atoms with van der Waals surface area (Å²) in [6.07, 6.45) is 9.40. The molecule has 0 fully saturated rings. The molecule has 0 atom stereocenters. The van der Waals surface area contributed by atoms with Crippen LogP contribution in [0.15, 0.2) is 72.0 Å². The Morgan fingerprint density at radius 2 is 1.60 bits per heavy atom. The zero-order chi connectivity index (χ0) is 14.2. The van der Waals surface area contributed by atoms with Crippen molar-refractivity contribution in [2.24, 2.45) is 4.99 Å². The molecule has 2 aromatic rings. The molecule has 2 rings (SSSR count). The average molecular weight is 263 g/mol. The minimum absolute atomic E-state index is 0.826. The fourth-order valence-corrected chi connectivity index (χ4v) is 1.77. The molecule has 100 valence electrons. The lowest BCUT2D eigenvalue weighted by atomic mass is 10.2. The predicted octanol–water partition coefficient (Wildman–Crippen LogP) is 3.90. The molecular weight excluding hydrogens is 246 g/mol. The van der Waals surface area contributed by atoms with Crippen LogP contribution >= 0.6 is 0 Å². The highest BCUT2D eigenvalue weighted by molar-refractivity contribution is 6.09. The van der Waals surface area contributed by atoms with Gasteiger partial charge < -0.3 is 0 Å². The lowest BCUT2D eigenvalue weighted by Crippen LogP contribution is -2.00. The van der Waals surface area contributed by atoms with Crippen LogP contribution in [0.1, 0.15) is 25.2 Å². The molecule has 3 nitrogen and oxygen atoms in total. The predicted molar refractivity (Wildman–Crippen MR) is 83.5 cm³/mol. The third-order valence-electron chi connectivity index (χ3n) is 2.69. The first kappa shape index (κ1) is 13.9. The second-order valence-electron chi connectivity index (χ2n) is 4.10. The van der Waals surface area contributed by atoms with Gasteiger partial charge in [0.1, 0.15) is 0 Å². The van der Waals surface area contributed by atoms with Crippen molar-refractivity contribution in [3.05, 3.63) is 78.4 Å². The zero-order valence-corrected chi connectivity index (χ0v) is 11.7. The molecule has 0 bridgehead atoms. The fraction of sp³-hybridized carbons (Fsp3) is 0.118. The van der Waals surface area contributed by atoms with Gasteiger partial charge in [-0.1, -0.05) is 24.3 Å². The minimum atomic E-state index is 0.826. The van der Waals surface area contributed by atoms with Crippen LogP contribution in [0.4, 0.5) is 0 Å². The van der Waals surface area contributed by atoms with E-state index in [1.165, 1.54) is 0 Å². The van der Waals surface area contributed by atoms with E-state index in [2.05, 4.69) is 9.97 Å². The number of hydrogen-bond acceptors (Lipinski definition) is 3. The Hall–Kier alpha value is -2.55. The van der Waals surface area contributed by atoms with Gasteiger partial charge in [0.2, 0.25) is 0 Å². The van der Waals surface area contributed by atoms with Gasteiger partial charge in [-0.15, -0.1) is 0 Å². The molecule has 0 amide bonds. The maximum Gasteiger partial charge on any atom is 0.0890 e. The van der Waals surface area contributed by atoms with E-state index in [0.717, 1.165) is 22.8 Å². The first-order valence-electron chi connectivity index (χ1n) is 6.55. The van der Waals surface area contributed by atoms with Gasteiger partial charge in [-0.3, -0.25) is 9.97 Å². The molecule has 2 heterocycles. The number of pyridine rings is 2. The van der Waals surface area contributed by atoms with Gasteiger partial charge in [0.05, 0.1) is 22.8 Å². The molecule has 20 heavy (non-hydrogen) atoms. The fourth-order valence-electron chi connectivity index (χ4n) is 1.77. The summed E-state index contributed by atoms with van der Waals surface area (Å²) < 4.78 is 0. The van der Waals surface area contributed by atoms with Crippen LogP contribution in [0.3, 0.4) is 0 Å². The van der Waals surface area contributed by atoms with Crippen LogP contribution in [-0.2, 0) is 0 Å². The molecule has 0 saturated heterocycles. The van der Waals surface area contributed by atoms with Gasteiger partial charge in [-0.2, -0.15) is 0 Å². The Balaban J connectivity index is 2.43. The zero-order valence-electron chi connectivity index (χ0n) is 11.7. The lowest BCUT2D eigenvalue weighted by molar-refractivity contribution is 1.24. The van der Waals surface area contributed by atoms with Crippen molar-refractivity contribution in [2.75, 3.05) is 0 Å². The quantitative estimate of drug-likeness (QED) is 0.784. The molecule has 0 radical (unpaired) electrons. The van der Waals surface area contributed by atoms with Crippen molar-refractivity contribution < 1.29 is 0 Å². The Bertz CT molecular complexity index is 626. The Morgan fingerprint density at radius 1 is 0.950 bits per heavy atom. The summed E-state index contributed by atoms with van der Waals surface area (Å²) in [5.41, 5.74) is 3.37. The summed E-state index contributed by atoms with van der Waals surface area (Å²) >= 11 is 0. The molecule has 0 unspecified atom stereocenters. The van der Waals surface area contributed by atoms with Gasteiger partial charge in [-0.05, 0) is 44.2 Å². The number of rotatable bonds is 4. The van der Waals surface area contributed by atoms with Gasteiger partial charge in [0.15, 0.2) is 0 Å². The molecule has 0 aliphatic carbocycles. The summed E-state index contributed by atoms with van der Waals surface area (Å²) in [5.74, 6) is 0. The van der Waals surface area contributed by atoms with Crippen molar-refractivity contribution in [3.63, 3.8) is 0 Å². The summed E-state index contributed by atoms with van der Waals surface area (Å²) in [7, 11) is 0. The lowest BCUT2D eigenvalue weighted by Gasteiger charge is -2.04. The second kappa shape index (κ2) is 7.14. The first-order valence-corrected chi connectivity index (χ1v) is 6.55. The first-order chi connectivity index (χ1) is 9.85. The molecule has 0 aliphatic rings. The van der Waals surface area contributed by atoms with Crippen LogP contribution < -0.4 is 0 Å². The third-order valence-corrected chi connectivity index (χ3v) is 2.69. The second-order valence-corrected chi connectivity index (χ2v) is 4.10. The third kappa shape index (κ3) is 3.48. The minimum Gasteiger partial charge on any atom is -0.255 e. The van der Waals surface area contributed by atoms with Gasteiger partial charge in [-0.25, -0.2) is 4.99 Å². The van der Waals surface area contributed by atoms with Crippen molar-refractivity contribution in [3.8, 4) is 0 Å². The molecule has 0 spiro atoms. The Morgan fingerprint density at radius 3 is 2.10 bits per heavy atom. The Labute approximate surface area is 119 Å². The van der Waals surface area contributed by atoms with E-state index < -0.39 is 0 Å². The standard InChI is InChI=1S/C17H17N3/c1-3-9-17(16-11-6-8-13-19-16)20-14(4-2)15-10-5-7-12-18-15/h3-13H,1-2H3/b9-3-,14-4-,20-17+. The summed E-state index contributed by atoms with van der Waals surface area (Å²) in [6, 6.07) is 11.6. The van der Waals surface area contributed by atoms with Crippen molar-refractivity contribution >= 4 is 11.4 Å². The molecule has 0 aliphatic heterocycles. The van der Waals surface area contributed by atoms with E-state index in [0.29, 0.717) is 0 Å². The highest BCUT2D eigenvalue weighted by Crippen LogP contribution is 2.14. The largest absolute Gasteiger partial charge is 0.255 e. The van der Waals surface area contributed by atoms with Gasteiger partial charge in [0.25, 0.3) is 0 Å². The maximum absolute atomic E-state index is 4.69. The smallest absolute Gasteiger partial charge is 0.0890 e. The molecule has 2 aromatic heterocycles. The number of hydrogen-bond donors (Lipinski definition) is 0. The highest BCUT2D eigenvalue weighted by atomic mass is 14.8. The van der Waals surface area contributed by atoms with E-state index in [4.69, 9.17) is 4.99 Å². The summed E-state index contributed by atoms with van der Waals surface area (Å²) in [5, 5.41) is 0. The van der Waals surface area contributed by atoms with E-state index >= 15 is 0 Å². The number of aromatic nitrogens is 2. The van der Waals surface area contributed by atoms with E-state index in [-0.39, 0.29) is 0 Å². The molecule has 0 N–H and O–H groups in total. The average Bonchev–Trinajstić information content (AvgIpc) is 2.53. The van der Waals surface area contributed by atoms with Crippen molar-refractivity contribution in [1.82, 2.24) is 9.97 Å². The van der Waals surface area contributed by atoms with E-state index in [9.17, 15) is 0 Å². The Kier molecular flexibility index (Phi) is 4.95. The van der Waals surface area contributed by atoms with E-state index in [1.807, 2.05) is 68.5 Å². The van der Waals surface area contributed by atoms with Crippen LogP contribution in [0, 0.1) is 0 Å². The summed E-state index contributed by atoms with van der Waals surface area (Å²) in [6.45, 7) is 3.92. The van der Waals surface area contributed by atoms with Gasteiger partial charge in [0, 0.05) is 12.4 Å². The van der Waals surface area contributed by atoms with Crippen LogP contribution in [-0.4, -0.2) is 15.7 Å².